The van der Waals surface area contributed by atoms with Gasteiger partial charge in [0.05, 0.1) is 19.8 Å². The van der Waals surface area contributed by atoms with Crippen molar-refractivity contribution in [2.24, 2.45) is 5.73 Å². The smallest absolute Gasteiger partial charge is 0.256 e. The Bertz CT molecular complexity index is 3190. The van der Waals surface area contributed by atoms with Crippen molar-refractivity contribution in [2.75, 3.05) is 41.0 Å². The molecule has 0 radical (unpaired) electrons. The van der Waals surface area contributed by atoms with E-state index in [9.17, 15) is 19.2 Å². The lowest BCUT2D eigenvalue weighted by atomic mass is 10.0. The van der Waals surface area contributed by atoms with Crippen molar-refractivity contribution in [3.63, 3.8) is 0 Å². The zero-order chi connectivity index (χ0) is 48.2. The molecule has 2 aromatic heterocycles. The van der Waals surface area contributed by atoms with Crippen LogP contribution >= 0.6 is 0 Å². The van der Waals surface area contributed by atoms with Crippen LogP contribution in [-0.4, -0.2) is 53.4 Å². The molecule has 0 bridgehead atoms. The highest BCUT2D eigenvalue weighted by Gasteiger charge is 2.17. The van der Waals surface area contributed by atoms with E-state index in [1.165, 1.54) is 18.2 Å². The van der Waals surface area contributed by atoms with Gasteiger partial charge in [0, 0.05) is 51.1 Å². The average Bonchev–Trinajstić information content (AvgIpc) is 3.37. The van der Waals surface area contributed by atoms with Gasteiger partial charge in [-0.05, 0) is 89.0 Å². The van der Waals surface area contributed by atoms with Crippen molar-refractivity contribution in [2.45, 2.75) is 25.7 Å². The number of carbonyl (C=O) groups excluding carboxylic acids is 4. The van der Waals surface area contributed by atoms with Gasteiger partial charge in [0.15, 0.2) is 0 Å². The molecule has 0 aliphatic carbocycles. The van der Waals surface area contributed by atoms with Crippen LogP contribution in [0.4, 0.5) is 23.3 Å². The van der Waals surface area contributed by atoms with Gasteiger partial charge in [0.25, 0.3) is 11.8 Å². The lowest BCUT2D eigenvalue weighted by Crippen LogP contribution is -2.18. The van der Waals surface area contributed by atoms with Gasteiger partial charge in [0.2, 0.25) is 11.8 Å². The summed E-state index contributed by atoms with van der Waals surface area (Å²) in [5.74, 6) is 6.40. The summed E-state index contributed by atoms with van der Waals surface area (Å²) in [6.45, 7) is 0.716. The number of benzene rings is 7. The molecule has 13 heteroatoms. The largest absolute Gasteiger partial charge is 0.492 e. The van der Waals surface area contributed by atoms with Crippen LogP contribution in [0.15, 0.2) is 164 Å². The van der Waals surface area contributed by atoms with Crippen LogP contribution in [-0.2, 0) is 9.59 Å². The van der Waals surface area contributed by atoms with E-state index in [1.54, 1.807) is 36.4 Å². The quantitative estimate of drug-likeness (QED) is 0.0357. The van der Waals surface area contributed by atoms with E-state index in [0.29, 0.717) is 31.6 Å². The molecule has 4 amide bonds. The minimum atomic E-state index is -0.571. The Morgan fingerprint density at radius 2 is 0.829 bits per heavy atom. The third-order valence-electron chi connectivity index (χ3n) is 11.3. The van der Waals surface area contributed by atoms with E-state index in [1.807, 2.05) is 72.8 Å². The number of carbonyl (C=O) groups is 4. The third kappa shape index (κ3) is 11.2. The first-order valence-electron chi connectivity index (χ1n) is 22.8. The van der Waals surface area contributed by atoms with Gasteiger partial charge in [-0.2, -0.15) is 0 Å². The monoisotopic (exact) mass is 925 g/mol. The van der Waals surface area contributed by atoms with Gasteiger partial charge >= 0.3 is 0 Å². The van der Waals surface area contributed by atoms with E-state index in [-0.39, 0.29) is 65.6 Å². The van der Waals surface area contributed by atoms with Crippen LogP contribution < -0.4 is 36.5 Å². The number of nitrogens with one attached hydrogen (secondary N) is 4. The number of aromatic nitrogens is 2. The minimum absolute atomic E-state index is 0.0612. The van der Waals surface area contributed by atoms with Gasteiger partial charge in [-0.1, -0.05) is 121 Å². The summed E-state index contributed by atoms with van der Waals surface area (Å²) in [7, 11) is 0. The highest BCUT2D eigenvalue weighted by Crippen LogP contribution is 2.36. The lowest BCUT2D eigenvalue weighted by Gasteiger charge is -2.13. The number of nitrogens with two attached hydrogens (primary N) is 1. The molecule has 0 saturated heterocycles. The van der Waals surface area contributed by atoms with Crippen LogP contribution in [0.3, 0.4) is 0 Å². The predicted octanol–water partition coefficient (Wildman–Crippen LogP) is 10.5. The van der Waals surface area contributed by atoms with Gasteiger partial charge in [-0.15, -0.1) is 0 Å². The molecular formula is C57H47N7O6. The normalized spacial score (nSPS) is 10.9. The highest BCUT2D eigenvalue weighted by atomic mass is 16.5. The molecule has 0 fully saturated rings. The zero-order valence-corrected chi connectivity index (χ0v) is 38.0. The van der Waals surface area contributed by atoms with E-state index < -0.39 is 11.8 Å². The number of nitrogens with zero attached hydrogens (tertiary/aromatic N) is 2. The van der Waals surface area contributed by atoms with Crippen molar-refractivity contribution in [3.8, 4) is 23.3 Å². The second-order valence-corrected chi connectivity index (χ2v) is 16.3. The Labute approximate surface area is 403 Å². The number of rotatable bonds is 16. The molecule has 13 nitrogen and oxygen atoms in total. The first kappa shape index (κ1) is 46.0. The molecule has 9 aromatic rings. The summed E-state index contributed by atoms with van der Waals surface area (Å²) >= 11 is 0. The van der Waals surface area contributed by atoms with Gasteiger partial charge in [-0.25, -0.2) is 9.97 Å². The van der Waals surface area contributed by atoms with Gasteiger partial charge in [-0.3, -0.25) is 19.2 Å². The Morgan fingerprint density at radius 1 is 0.457 bits per heavy atom. The number of hydrogen-bond donors (Lipinski definition) is 5. The first-order chi connectivity index (χ1) is 34.3. The van der Waals surface area contributed by atoms with E-state index in [2.05, 4.69) is 79.5 Å². The lowest BCUT2D eigenvalue weighted by molar-refractivity contribution is -0.117. The van der Waals surface area contributed by atoms with Crippen LogP contribution in [0, 0.1) is 11.8 Å². The summed E-state index contributed by atoms with van der Waals surface area (Å²) in [4.78, 5) is 62.2. The molecule has 70 heavy (non-hydrogen) atoms. The predicted molar refractivity (Wildman–Crippen MR) is 276 cm³/mol. The molecule has 346 valence electrons. The van der Waals surface area contributed by atoms with Crippen molar-refractivity contribution < 1.29 is 28.7 Å². The molecule has 0 spiro atoms. The first-order valence-corrected chi connectivity index (χ1v) is 22.8. The maximum Gasteiger partial charge on any atom is 0.256 e. The summed E-state index contributed by atoms with van der Waals surface area (Å²) in [6.07, 6.45) is 1.27. The molecule has 9 rings (SSSR count). The molecule has 0 aliphatic heterocycles. The van der Waals surface area contributed by atoms with Crippen molar-refractivity contribution >= 4 is 90.0 Å². The van der Waals surface area contributed by atoms with Crippen molar-refractivity contribution in [1.29, 1.82) is 0 Å². The highest BCUT2D eigenvalue weighted by molar-refractivity contribution is 6.09. The number of pyridine rings is 2. The Balaban J connectivity index is 0.783. The fourth-order valence-electron chi connectivity index (χ4n) is 8.12. The van der Waals surface area contributed by atoms with E-state index in [4.69, 9.17) is 15.2 Å². The summed E-state index contributed by atoms with van der Waals surface area (Å²) < 4.78 is 12.6. The minimum Gasteiger partial charge on any atom is -0.492 e. The number of ether oxygens (including phenoxy) is 2. The topological polar surface area (TPSA) is 187 Å². The second kappa shape index (κ2) is 21.7. The molecule has 6 N–H and O–H groups in total. The second-order valence-electron chi connectivity index (χ2n) is 16.3. The summed E-state index contributed by atoms with van der Waals surface area (Å²) in [6, 6.07) is 50.7. The molecule has 0 unspecified atom stereocenters. The molecule has 0 aliphatic rings. The molecular weight excluding hydrogens is 879 g/mol. The maximum atomic E-state index is 13.7. The third-order valence-corrected chi connectivity index (χ3v) is 11.3. The van der Waals surface area contributed by atoms with E-state index in [0.717, 1.165) is 54.6 Å². The average molecular weight is 926 g/mol. The Hall–Kier alpha value is -9.12. The van der Waals surface area contributed by atoms with Crippen molar-refractivity contribution in [1.82, 2.24) is 9.97 Å². The summed E-state index contributed by atoms with van der Waals surface area (Å²) in [5.41, 5.74) is 6.26. The molecule has 2 heterocycles. The number of hydrogen-bond acceptors (Lipinski definition) is 9. The van der Waals surface area contributed by atoms with Gasteiger partial charge < -0.3 is 36.5 Å². The number of fused-ring (bicyclic) bond motifs is 4. The fraction of sp³-hybridized carbons (Fsp3) is 0.123. The standard InChI is InChI=1S/C57H47N7O6/c58-29-11-14-37-32-42(56(67)63-50-25-9-23-48(59-50)61-52(65)27-12-30-69-54-44-19-5-1-15-38(44)34-39-16-2-6-20-45(39)54)36-43(33-37)57(68)64-51-26-10-24-49(60-51)62-53(66)28-13-31-70-55-46-21-7-3-17-40(46)35-41-18-4-8-22-47(41)55/h1-10,15-26,32-36H,12-13,27-31,58H2,(H2,59,61,63,65,67)(H2,60,62,64,66,68). The number of amides is 4. The molecule has 0 atom stereocenters. The number of anilines is 4. The summed E-state index contributed by atoms with van der Waals surface area (Å²) in [5, 5.41) is 19.4. The SMILES string of the molecule is NCC#Cc1cc(C(=O)Nc2cccc(NC(=O)CCCOc3c4ccccc4cc4ccccc34)n2)cc(C(=O)Nc2cccc(NC(=O)CCCOc3c4ccccc4cc4ccccc34)n2)c1. The fourth-order valence-corrected chi connectivity index (χ4v) is 8.12. The Kier molecular flexibility index (Phi) is 14.2. The van der Waals surface area contributed by atoms with Crippen LogP contribution in [0.1, 0.15) is 52.0 Å². The van der Waals surface area contributed by atoms with Crippen molar-refractivity contribution in [3.05, 3.63) is 180 Å². The van der Waals surface area contributed by atoms with Crippen LogP contribution in [0.5, 0.6) is 11.5 Å². The van der Waals surface area contributed by atoms with Gasteiger partial charge in [0.1, 0.15) is 34.8 Å². The Morgan fingerprint density at radius 3 is 1.21 bits per heavy atom. The maximum absolute atomic E-state index is 13.7. The van der Waals surface area contributed by atoms with Crippen LogP contribution in [0.25, 0.3) is 43.1 Å². The zero-order valence-electron chi connectivity index (χ0n) is 38.0. The molecule has 0 saturated carbocycles. The van der Waals surface area contributed by atoms with E-state index >= 15 is 0 Å². The molecule has 7 aromatic carbocycles. The van der Waals surface area contributed by atoms with Crippen LogP contribution in [0.2, 0.25) is 0 Å².